The Labute approximate surface area is 231 Å². The minimum Gasteiger partial charge on any atom is -0.469 e. The number of carbonyl (C=O) groups excluding carboxylic acids is 3. The molecule has 9 atom stereocenters. The molecule has 0 bridgehead atoms. The van der Waals surface area contributed by atoms with Gasteiger partial charge in [0, 0.05) is 22.7 Å². The minimum absolute atomic E-state index is 0.0594. The molecule has 2 saturated heterocycles. The third-order valence-corrected chi connectivity index (χ3v) is 11.1. The SMILES string of the molecule is COC(=O)C[C@H]1[C@]2(C)C3=C(C)[C@H](c4ccc(C(C)(C)C)cc4)C[C@H]3O[C@@H]2[C@@H]2OC(=O)[C@]3(C)C=CC(=O)[C@@]1(C)[C@@H]23. The largest absolute Gasteiger partial charge is 0.469 e. The lowest BCUT2D eigenvalue weighted by molar-refractivity contribution is -0.190. The van der Waals surface area contributed by atoms with Gasteiger partial charge >= 0.3 is 11.9 Å². The van der Waals surface area contributed by atoms with Crippen LogP contribution in [0.3, 0.4) is 0 Å². The summed E-state index contributed by atoms with van der Waals surface area (Å²) in [5.41, 5.74) is 2.40. The van der Waals surface area contributed by atoms with E-state index in [0.29, 0.717) is 0 Å². The van der Waals surface area contributed by atoms with Gasteiger partial charge in [0.1, 0.15) is 12.2 Å². The molecule has 39 heavy (non-hydrogen) atoms. The molecule has 2 aliphatic heterocycles. The highest BCUT2D eigenvalue weighted by Crippen LogP contribution is 2.72. The molecule has 0 amide bonds. The second-order valence-corrected chi connectivity index (χ2v) is 14.0. The molecule has 6 nitrogen and oxygen atoms in total. The van der Waals surface area contributed by atoms with Crippen LogP contribution in [0.1, 0.15) is 78.4 Å². The summed E-state index contributed by atoms with van der Waals surface area (Å²) in [7, 11) is 1.39. The van der Waals surface area contributed by atoms with Crippen LogP contribution in [0.15, 0.2) is 47.6 Å². The van der Waals surface area contributed by atoms with E-state index in [1.807, 2.05) is 13.8 Å². The second-order valence-electron chi connectivity index (χ2n) is 14.0. The van der Waals surface area contributed by atoms with Gasteiger partial charge in [-0.05, 0) is 54.4 Å². The van der Waals surface area contributed by atoms with E-state index in [-0.39, 0.29) is 41.6 Å². The van der Waals surface area contributed by atoms with Crippen molar-refractivity contribution in [3.05, 3.63) is 58.7 Å². The Hall–Kier alpha value is -2.73. The normalized spacial score (nSPS) is 42.3. The molecule has 1 aromatic carbocycles. The highest BCUT2D eigenvalue weighted by Gasteiger charge is 2.77. The van der Waals surface area contributed by atoms with Gasteiger partial charge in [-0.1, -0.05) is 70.5 Å². The smallest absolute Gasteiger partial charge is 0.316 e. The van der Waals surface area contributed by atoms with Crippen LogP contribution in [0.4, 0.5) is 0 Å². The lowest BCUT2D eigenvalue weighted by Crippen LogP contribution is -2.66. The van der Waals surface area contributed by atoms with Crippen LogP contribution in [-0.2, 0) is 34.0 Å². The molecular formula is C33H40O6. The van der Waals surface area contributed by atoms with Gasteiger partial charge in [-0.25, -0.2) is 0 Å². The summed E-state index contributed by atoms with van der Waals surface area (Å²) in [6.45, 7) is 14.7. The summed E-state index contributed by atoms with van der Waals surface area (Å²) in [5.74, 6) is -1.38. The number of ether oxygens (including phenoxy) is 3. The predicted molar refractivity (Wildman–Crippen MR) is 146 cm³/mol. The number of rotatable bonds is 3. The van der Waals surface area contributed by atoms with E-state index >= 15 is 0 Å². The number of esters is 2. The molecule has 1 saturated carbocycles. The van der Waals surface area contributed by atoms with Crippen molar-refractivity contribution in [2.24, 2.45) is 28.1 Å². The molecule has 0 N–H and O–H groups in total. The summed E-state index contributed by atoms with van der Waals surface area (Å²) >= 11 is 0. The lowest BCUT2D eigenvalue weighted by Gasteiger charge is -2.59. The van der Waals surface area contributed by atoms with Crippen LogP contribution in [0.25, 0.3) is 0 Å². The van der Waals surface area contributed by atoms with Crippen LogP contribution in [-0.4, -0.2) is 43.1 Å². The van der Waals surface area contributed by atoms with Crippen LogP contribution < -0.4 is 0 Å². The summed E-state index contributed by atoms with van der Waals surface area (Å²) in [5, 5.41) is 0. The van der Waals surface area contributed by atoms with Crippen molar-refractivity contribution in [3.8, 4) is 0 Å². The topological polar surface area (TPSA) is 78.9 Å². The van der Waals surface area contributed by atoms with E-state index in [0.717, 1.165) is 12.0 Å². The molecule has 0 spiro atoms. The predicted octanol–water partition coefficient (Wildman–Crippen LogP) is 5.45. The third-order valence-electron chi connectivity index (χ3n) is 11.1. The number of fused-ring (bicyclic) bond motifs is 4. The number of hydrogen-bond acceptors (Lipinski definition) is 6. The first-order valence-electron chi connectivity index (χ1n) is 14.2. The standard InChI is InChI=1S/C33H40O6/c1-17-20(18-9-11-19(12-10-18)30(2,3)4)15-21-25(17)33(7)22(16-24(35)37-8)32(6)23(34)13-14-31(5)27(32)26(28(33)38-21)39-29(31)36/h9-14,20-22,26-28H,15-16H2,1-8H3/t20-,21-,22-,26-,27+,28-,31-,32+,33-/m1/s1. The molecule has 6 heteroatoms. The van der Waals surface area contributed by atoms with Gasteiger partial charge in [-0.2, -0.15) is 0 Å². The van der Waals surface area contributed by atoms with Gasteiger partial charge < -0.3 is 14.2 Å². The van der Waals surface area contributed by atoms with E-state index in [1.165, 1.54) is 29.9 Å². The molecule has 6 rings (SSSR count). The highest BCUT2D eigenvalue weighted by atomic mass is 16.6. The van der Waals surface area contributed by atoms with Gasteiger partial charge in [-0.15, -0.1) is 0 Å². The van der Waals surface area contributed by atoms with Crippen LogP contribution in [0, 0.1) is 28.1 Å². The minimum atomic E-state index is -0.988. The van der Waals surface area contributed by atoms with E-state index in [4.69, 9.17) is 14.2 Å². The Morgan fingerprint density at radius 2 is 1.74 bits per heavy atom. The summed E-state index contributed by atoms with van der Waals surface area (Å²) < 4.78 is 18.1. The first kappa shape index (κ1) is 26.5. The van der Waals surface area contributed by atoms with Gasteiger partial charge in [0.05, 0.1) is 25.0 Å². The summed E-state index contributed by atoms with van der Waals surface area (Å²) in [6.07, 6.45) is 2.95. The van der Waals surface area contributed by atoms with E-state index < -0.39 is 40.3 Å². The van der Waals surface area contributed by atoms with E-state index in [1.54, 1.807) is 6.08 Å². The Morgan fingerprint density at radius 1 is 1.08 bits per heavy atom. The Kier molecular flexibility index (Phi) is 5.54. The molecule has 5 aliphatic rings. The number of methoxy groups -OCH3 is 1. The van der Waals surface area contributed by atoms with Crippen molar-refractivity contribution in [1.29, 1.82) is 0 Å². The molecule has 3 aliphatic carbocycles. The highest BCUT2D eigenvalue weighted by molar-refractivity contribution is 6.00. The zero-order valence-electron chi connectivity index (χ0n) is 24.3. The molecule has 1 aromatic rings. The van der Waals surface area contributed by atoms with E-state index in [2.05, 4.69) is 58.9 Å². The molecule has 208 valence electrons. The Balaban J connectivity index is 1.50. The Bertz CT molecular complexity index is 1330. The van der Waals surface area contributed by atoms with Gasteiger partial charge in [0.15, 0.2) is 5.78 Å². The van der Waals surface area contributed by atoms with Crippen molar-refractivity contribution < 1.29 is 28.6 Å². The molecule has 3 fully saturated rings. The monoisotopic (exact) mass is 532 g/mol. The third kappa shape index (κ3) is 3.27. The molecule has 0 radical (unpaired) electrons. The van der Waals surface area contributed by atoms with Crippen molar-refractivity contribution in [2.75, 3.05) is 7.11 Å². The number of ketones is 1. The van der Waals surface area contributed by atoms with Crippen molar-refractivity contribution in [2.45, 2.75) is 91.0 Å². The average Bonchev–Trinajstić information content (AvgIpc) is 3.47. The van der Waals surface area contributed by atoms with Crippen molar-refractivity contribution >= 4 is 17.7 Å². The van der Waals surface area contributed by atoms with Gasteiger partial charge in [-0.3, -0.25) is 14.4 Å². The average molecular weight is 533 g/mol. The maximum absolute atomic E-state index is 13.8. The Morgan fingerprint density at radius 3 is 2.36 bits per heavy atom. The maximum Gasteiger partial charge on any atom is 0.316 e. The fourth-order valence-corrected chi connectivity index (χ4v) is 9.15. The van der Waals surface area contributed by atoms with E-state index in [9.17, 15) is 14.4 Å². The fourth-order valence-electron chi connectivity index (χ4n) is 9.15. The van der Waals surface area contributed by atoms with Gasteiger partial charge in [0.25, 0.3) is 0 Å². The zero-order chi connectivity index (χ0) is 28.3. The molecular weight excluding hydrogens is 492 g/mol. The number of allylic oxidation sites excluding steroid dienone is 2. The quantitative estimate of drug-likeness (QED) is 0.381. The van der Waals surface area contributed by atoms with Crippen molar-refractivity contribution in [3.63, 3.8) is 0 Å². The maximum atomic E-state index is 13.8. The fraction of sp³-hybridized carbons (Fsp3) is 0.606. The van der Waals surface area contributed by atoms with Crippen molar-refractivity contribution in [1.82, 2.24) is 0 Å². The summed E-state index contributed by atoms with van der Waals surface area (Å²) in [6, 6.07) is 8.87. The number of carbonyl (C=O) groups is 3. The zero-order valence-corrected chi connectivity index (χ0v) is 24.3. The summed E-state index contributed by atoms with van der Waals surface area (Å²) in [4.78, 5) is 40.1. The van der Waals surface area contributed by atoms with Crippen LogP contribution in [0.2, 0.25) is 0 Å². The molecule has 0 aromatic heterocycles. The first-order chi connectivity index (χ1) is 18.2. The van der Waals surface area contributed by atoms with Gasteiger partial charge in [0.2, 0.25) is 0 Å². The molecule has 0 unspecified atom stereocenters. The molecule has 2 heterocycles. The van der Waals surface area contributed by atoms with Crippen LogP contribution in [0.5, 0.6) is 0 Å². The van der Waals surface area contributed by atoms with Crippen LogP contribution >= 0.6 is 0 Å². The number of benzene rings is 1. The second kappa shape index (κ2) is 8.15. The lowest BCUT2D eigenvalue weighted by atomic mass is 9.42. The number of hydrogen-bond donors (Lipinski definition) is 0. The first-order valence-corrected chi connectivity index (χ1v) is 14.2.